The van der Waals surface area contributed by atoms with Crippen LogP contribution in [0.2, 0.25) is 0 Å². The normalized spacial score (nSPS) is 14.6. The van der Waals surface area contributed by atoms with Gasteiger partial charge in [0.1, 0.15) is 11.4 Å². The first-order valence-corrected chi connectivity index (χ1v) is 9.77. The van der Waals surface area contributed by atoms with Crippen LogP contribution < -0.4 is 15.5 Å². The molecule has 0 unspecified atom stereocenters. The molecule has 1 saturated heterocycles. The minimum Gasteiger partial charge on any atom is -0.372 e. The van der Waals surface area contributed by atoms with Crippen molar-refractivity contribution in [2.75, 3.05) is 28.6 Å². The zero-order valence-electron chi connectivity index (χ0n) is 16.2. The molecule has 4 rings (SSSR count). The minimum absolute atomic E-state index is 0.0865. The number of rotatable bonds is 6. The molecule has 1 fully saturated rings. The highest BCUT2D eigenvalue weighted by Gasteiger charge is 2.35. The van der Waals surface area contributed by atoms with Crippen molar-refractivity contribution in [1.29, 1.82) is 0 Å². The van der Waals surface area contributed by atoms with Gasteiger partial charge in [-0.25, -0.2) is 4.98 Å². The van der Waals surface area contributed by atoms with Crippen LogP contribution in [0.1, 0.15) is 30.4 Å². The number of anilines is 4. The van der Waals surface area contributed by atoms with E-state index in [-0.39, 0.29) is 18.3 Å². The molecule has 3 N–H and O–H groups in total. The topological polar surface area (TPSA) is 81.8 Å². The van der Waals surface area contributed by atoms with Gasteiger partial charge in [-0.2, -0.15) is 23.3 Å². The molecular formula is C20H22F3N7. The Labute approximate surface area is 171 Å². The second-order valence-corrected chi connectivity index (χ2v) is 7.13. The van der Waals surface area contributed by atoms with E-state index in [0.29, 0.717) is 11.3 Å². The standard InChI is InChI=1S/C20H22F3N7/c21-20(22,23)17-13-25-19(29-18(17)24-10-14-11-26-27-12-14)28-15-4-6-16(7-5-15)30-8-2-1-3-9-30/h4-7,11-13H,1-3,8-10H2,(H,26,27)(H2,24,25,28,29). The highest BCUT2D eigenvalue weighted by molar-refractivity contribution is 5.61. The summed E-state index contributed by atoms with van der Waals surface area (Å²) in [5, 5.41) is 12.1. The Balaban J connectivity index is 1.49. The van der Waals surface area contributed by atoms with Gasteiger partial charge in [0.05, 0.1) is 6.20 Å². The Bertz CT molecular complexity index is 950. The summed E-state index contributed by atoms with van der Waals surface area (Å²) >= 11 is 0. The average molecular weight is 417 g/mol. The monoisotopic (exact) mass is 417 g/mol. The van der Waals surface area contributed by atoms with Crippen molar-refractivity contribution in [2.45, 2.75) is 32.0 Å². The lowest BCUT2D eigenvalue weighted by Crippen LogP contribution is -2.29. The number of aromatic amines is 1. The van der Waals surface area contributed by atoms with Gasteiger partial charge >= 0.3 is 6.18 Å². The van der Waals surface area contributed by atoms with Crippen LogP contribution in [-0.2, 0) is 12.7 Å². The molecule has 0 saturated carbocycles. The van der Waals surface area contributed by atoms with E-state index in [0.717, 1.165) is 25.0 Å². The van der Waals surface area contributed by atoms with Gasteiger partial charge in [-0.3, -0.25) is 5.10 Å². The van der Waals surface area contributed by atoms with Gasteiger partial charge in [-0.1, -0.05) is 0 Å². The Kier molecular flexibility index (Phi) is 5.73. The molecule has 0 spiro atoms. The number of halogens is 3. The van der Waals surface area contributed by atoms with E-state index in [1.165, 1.54) is 25.5 Å². The van der Waals surface area contributed by atoms with Crippen LogP contribution in [0.5, 0.6) is 0 Å². The van der Waals surface area contributed by atoms with Gasteiger partial charge in [-0.15, -0.1) is 0 Å². The number of aromatic nitrogens is 4. The van der Waals surface area contributed by atoms with Gasteiger partial charge in [0, 0.05) is 49.0 Å². The van der Waals surface area contributed by atoms with Crippen LogP contribution in [0.4, 0.5) is 36.3 Å². The fourth-order valence-corrected chi connectivity index (χ4v) is 3.38. The molecule has 3 heterocycles. The number of alkyl halides is 3. The average Bonchev–Trinajstić information content (AvgIpc) is 3.26. The highest BCUT2D eigenvalue weighted by Crippen LogP contribution is 2.34. The fraction of sp³-hybridized carbons (Fsp3) is 0.350. The van der Waals surface area contributed by atoms with E-state index in [1.54, 1.807) is 6.20 Å². The molecule has 1 aromatic carbocycles. The first kappa shape index (κ1) is 20.0. The molecule has 7 nitrogen and oxygen atoms in total. The van der Waals surface area contributed by atoms with Crippen LogP contribution >= 0.6 is 0 Å². The molecule has 0 amide bonds. The zero-order chi connectivity index (χ0) is 21.0. The summed E-state index contributed by atoms with van der Waals surface area (Å²) in [6.45, 7) is 2.24. The van der Waals surface area contributed by atoms with Crippen molar-refractivity contribution in [1.82, 2.24) is 20.2 Å². The van der Waals surface area contributed by atoms with Crippen molar-refractivity contribution in [3.8, 4) is 0 Å². The molecular weight excluding hydrogens is 395 g/mol. The summed E-state index contributed by atoms with van der Waals surface area (Å²) in [6.07, 6.45) is 3.00. The van der Waals surface area contributed by atoms with Crippen LogP contribution in [0.3, 0.4) is 0 Å². The van der Waals surface area contributed by atoms with Crippen LogP contribution in [0.15, 0.2) is 42.9 Å². The summed E-state index contributed by atoms with van der Waals surface area (Å²) in [5.41, 5.74) is 1.63. The molecule has 0 atom stereocenters. The maximum atomic E-state index is 13.3. The third-order valence-electron chi connectivity index (χ3n) is 4.95. The summed E-state index contributed by atoms with van der Waals surface area (Å²) in [6, 6.07) is 7.75. The predicted octanol–water partition coefficient (Wildman–Crippen LogP) is 4.56. The Morgan fingerprint density at radius 2 is 1.80 bits per heavy atom. The number of hydrogen-bond acceptors (Lipinski definition) is 6. The Morgan fingerprint density at radius 1 is 1.03 bits per heavy atom. The van der Waals surface area contributed by atoms with E-state index in [4.69, 9.17) is 0 Å². The van der Waals surface area contributed by atoms with Gasteiger partial charge in [0.2, 0.25) is 5.95 Å². The first-order chi connectivity index (χ1) is 14.5. The van der Waals surface area contributed by atoms with Crippen molar-refractivity contribution < 1.29 is 13.2 Å². The van der Waals surface area contributed by atoms with Crippen LogP contribution in [0.25, 0.3) is 0 Å². The number of piperidine rings is 1. The van der Waals surface area contributed by atoms with Crippen LogP contribution in [-0.4, -0.2) is 33.3 Å². The summed E-state index contributed by atoms with van der Waals surface area (Å²) < 4.78 is 40.0. The van der Waals surface area contributed by atoms with E-state index >= 15 is 0 Å². The van der Waals surface area contributed by atoms with Crippen molar-refractivity contribution in [2.24, 2.45) is 0 Å². The molecule has 0 radical (unpaired) electrons. The van der Waals surface area contributed by atoms with E-state index < -0.39 is 11.7 Å². The number of hydrogen-bond donors (Lipinski definition) is 3. The quantitative estimate of drug-likeness (QED) is 0.545. The lowest BCUT2D eigenvalue weighted by Gasteiger charge is -2.28. The Morgan fingerprint density at radius 3 is 2.47 bits per heavy atom. The zero-order valence-corrected chi connectivity index (χ0v) is 16.2. The molecule has 0 aliphatic carbocycles. The fourth-order valence-electron chi connectivity index (χ4n) is 3.38. The molecule has 3 aromatic rings. The molecule has 10 heteroatoms. The summed E-state index contributed by atoms with van der Waals surface area (Å²) in [4.78, 5) is 10.2. The second kappa shape index (κ2) is 8.60. The summed E-state index contributed by atoms with van der Waals surface area (Å²) in [5.74, 6) is -0.199. The number of nitrogens with one attached hydrogen (secondary N) is 3. The summed E-state index contributed by atoms with van der Waals surface area (Å²) in [7, 11) is 0. The largest absolute Gasteiger partial charge is 0.421 e. The number of H-pyrrole nitrogens is 1. The van der Waals surface area contributed by atoms with Crippen molar-refractivity contribution in [3.05, 3.63) is 54.0 Å². The van der Waals surface area contributed by atoms with Crippen molar-refractivity contribution >= 4 is 23.1 Å². The van der Waals surface area contributed by atoms with Gasteiger partial charge in [0.25, 0.3) is 0 Å². The Hall–Kier alpha value is -3.30. The molecule has 30 heavy (non-hydrogen) atoms. The molecule has 1 aliphatic heterocycles. The highest BCUT2D eigenvalue weighted by atomic mass is 19.4. The second-order valence-electron chi connectivity index (χ2n) is 7.13. The number of benzene rings is 1. The predicted molar refractivity (Wildman–Crippen MR) is 109 cm³/mol. The number of nitrogens with zero attached hydrogens (tertiary/aromatic N) is 4. The van der Waals surface area contributed by atoms with E-state index in [2.05, 4.69) is 35.7 Å². The molecule has 0 bridgehead atoms. The maximum Gasteiger partial charge on any atom is 0.421 e. The van der Waals surface area contributed by atoms with Gasteiger partial charge in [-0.05, 0) is 43.5 Å². The minimum atomic E-state index is -4.56. The third kappa shape index (κ3) is 4.81. The molecule has 1 aliphatic rings. The first-order valence-electron chi connectivity index (χ1n) is 9.77. The van der Waals surface area contributed by atoms with E-state index in [1.807, 2.05) is 24.3 Å². The molecule has 2 aromatic heterocycles. The lowest BCUT2D eigenvalue weighted by atomic mass is 10.1. The van der Waals surface area contributed by atoms with Gasteiger partial charge in [0.15, 0.2) is 0 Å². The van der Waals surface area contributed by atoms with Crippen molar-refractivity contribution in [3.63, 3.8) is 0 Å². The third-order valence-corrected chi connectivity index (χ3v) is 4.95. The maximum absolute atomic E-state index is 13.3. The lowest BCUT2D eigenvalue weighted by molar-refractivity contribution is -0.137. The SMILES string of the molecule is FC(F)(F)c1cnc(Nc2ccc(N3CCCCC3)cc2)nc1NCc1cn[nH]c1. The van der Waals surface area contributed by atoms with Crippen LogP contribution in [0, 0.1) is 0 Å². The van der Waals surface area contributed by atoms with E-state index in [9.17, 15) is 13.2 Å². The smallest absolute Gasteiger partial charge is 0.372 e. The molecule has 158 valence electrons. The van der Waals surface area contributed by atoms with Gasteiger partial charge < -0.3 is 15.5 Å².